The zero-order valence-corrected chi connectivity index (χ0v) is 12.9. The maximum Gasteiger partial charge on any atom is 0.207 e. The van der Waals surface area contributed by atoms with Crippen molar-refractivity contribution in [2.24, 2.45) is 0 Å². The second-order valence-corrected chi connectivity index (χ2v) is 5.13. The number of methoxy groups -OCH3 is 1. The van der Waals surface area contributed by atoms with Crippen molar-refractivity contribution in [2.45, 2.75) is 33.2 Å². The van der Waals surface area contributed by atoms with Crippen LogP contribution in [-0.2, 0) is 6.54 Å². The number of aryl methyl sites for hydroxylation is 2. The molecule has 0 saturated heterocycles. The highest BCUT2D eigenvalue weighted by atomic mass is 35.5. The second kappa shape index (κ2) is 6.66. The Kier molecular flexibility index (Phi) is 4.90. The van der Waals surface area contributed by atoms with Gasteiger partial charge in [0.1, 0.15) is 5.75 Å². The summed E-state index contributed by atoms with van der Waals surface area (Å²) in [5, 5.41) is 3.93. The van der Waals surface area contributed by atoms with Crippen LogP contribution >= 0.6 is 11.6 Å². The van der Waals surface area contributed by atoms with Gasteiger partial charge in [-0.05, 0) is 25.5 Å². The Morgan fingerprint density at radius 1 is 1.40 bits per heavy atom. The van der Waals surface area contributed by atoms with Crippen LogP contribution < -0.4 is 10.1 Å². The van der Waals surface area contributed by atoms with Crippen LogP contribution in [-0.4, -0.2) is 16.7 Å². The summed E-state index contributed by atoms with van der Waals surface area (Å²) >= 11 is 6.21. The summed E-state index contributed by atoms with van der Waals surface area (Å²) in [6.07, 6.45) is 4.32. The molecule has 1 heterocycles. The average molecular weight is 294 g/mol. The molecule has 0 fully saturated rings. The first-order valence-corrected chi connectivity index (χ1v) is 7.16. The number of hydrogen-bond donors (Lipinski definition) is 1. The number of aromatic nitrogens is 2. The molecule has 0 amide bonds. The molecule has 2 rings (SSSR count). The smallest absolute Gasteiger partial charge is 0.207 e. The highest BCUT2D eigenvalue weighted by Gasteiger charge is 2.09. The first-order valence-electron chi connectivity index (χ1n) is 6.78. The van der Waals surface area contributed by atoms with Gasteiger partial charge in [0.25, 0.3) is 0 Å². The van der Waals surface area contributed by atoms with Crippen LogP contribution in [0.5, 0.6) is 5.75 Å². The fourth-order valence-electron chi connectivity index (χ4n) is 1.99. The van der Waals surface area contributed by atoms with Crippen molar-refractivity contribution in [2.75, 3.05) is 12.4 Å². The molecule has 108 valence electrons. The van der Waals surface area contributed by atoms with E-state index in [-0.39, 0.29) is 0 Å². The lowest BCUT2D eigenvalue weighted by Gasteiger charge is -2.11. The number of ether oxygens (including phenoxy) is 1. The molecule has 0 aliphatic rings. The Morgan fingerprint density at radius 2 is 2.20 bits per heavy atom. The summed E-state index contributed by atoms with van der Waals surface area (Å²) < 4.78 is 7.34. The van der Waals surface area contributed by atoms with Crippen LogP contribution in [0.2, 0.25) is 5.02 Å². The van der Waals surface area contributed by atoms with Crippen molar-refractivity contribution < 1.29 is 4.74 Å². The molecular weight excluding hydrogens is 274 g/mol. The summed E-state index contributed by atoms with van der Waals surface area (Å²) in [5.41, 5.74) is 1.79. The van der Waals surface area contributed by atoms with E-state index in [4.69, 9.17) is 16.3 Å². The lowest BCUT2D eigenvalue weighted by molar-refractivity contribution is 0.415. The number of benzene rings is 1. The van der Waals surface area contributed by atoms with Crippen LogP contribution in [0.15, 0.2) is 24.4 Å². The maximum absolute atomic E-state index is 6.21. The molecule has 0 saturated carbocycles. The van der Waals surface area contributed by atoms with E-state index in [1.807, 2.05) is 31.3 Å². The summed E-state index contributed by atoms with van der Waals surface area (Å²) in [6, 6.07) is 5.52. The van der Waals surface area contributed by atoms with E-state index in [0.29, 0.717) is 5.02 Å². The van der Waals surface area contributed by atoms with E-state index in [9.17, 15) is 0 Å². The monoisotopic (exact) mass is 293 g/mol. The molecule has 0 bridgehead atoms. The topological polar surface area (TPSA) is 39.1 Å². The Balaban J connectivity index is 2.25. The molecule has 4 nitrogen and oxygen atoms in total. The highest BCUT2D eigenvalue weighted by molar-refractivity contribution is 6.33. The molecule has 0 aliphatic carbocycles. The zero-order valence-electron chi connectivity index (χ0n) is 12.1. The van der Waals surface area contributed by atoms with E-state index in [1.165, 1.54) is 0 Å². The molecule has 1 aromatic carbocycles. The largest absolute Gasteiger partial charge is 0.497 e. The Morgan fingerprint density at radius 3 is 2.90 bits per heavy atom. The summed E-state index contributed by atoms with van der Waals surface area (Å²) in [5.74, 6) is 1.58. The van der Waals surface area contributed by atoms with Crippen molar-refractivity contribution in [1.82, 2.24) is 9.55 Å². The van der Waals surface area contributed by atoms with Crippen molar-refractivity contribution in [1.29, 1.82) is 0 Å². The predicted octanol–water partition coefficient (Wildman–Crippen LogP) is 4.40. The van der Waals surface area contributed by atoms with Gasteiger partial charge in [0.2, 0.25) is 5.95 Å². The van der Waals surface area contributed by atoms with Crippen molar-refractivity contribution in [3.63, 3.8) is 0 Å². The molecule has 0 unspecified atom stereocenters. The first kappa shape index (κ1) is 14.7. The first-order chi connectivity index (χ1) is 9.63. The second-order valence-electron chi connectivity index (χ2n) is 4.72. The number of nitrogens with zero attached hydrogens (tertiary/aromatic N) is 2. The molecule has 5 heteroatoms. The Hall–Kier alpha value is -1.68. The number of unbranched alkanes of at least 4 members (excludes halogenated alkanes) is 1. The van der Waals surface area contributed by atoms with Crippen molar-refractivity contribution >= 4 is 23.2 Å². The van der Waals surface area contributed by atoms with Crippen LogP contribution in [0.1, 0.15) is 25.5 Å². The molecule has 1 N–H and O–H groups in total. The van der Waals surface area contributed by atoms with Gasteiger partial charge >= 0.3 is 0 Å². The van der Waals surface area contributed by atoms with Crippen LogP contribution in [0.3, 0.4) is 0 Å². The summed E-state index contributed by atoms with van der Waals surface area (Å²) in [4.78, 5) is 4.51. The molecule has 0 aliphatic heterocycles. The molecule has 20 heavy (non-hydrogen) atoms. The average Bonchev–Trinajstić information content (AvgIpc) is 2.79. The van der Waals surface area contributed by atoms with E-state index in [0.717, 1.165) is 42.5 Å². The minimum Gasteiger partial charge on any atom is -0.497 e. The summed E-state index contributed by atoms with van der Waals surface area (Å²) in [6.45, 7) is 5.11. The SMILES string of the molecule is CCCCn1cc(C)nc1Nc1cc(OC)ccc1Cl. The third-order valence-corrected chi connectivity index (χ3v) is 3.40. The maximum atomic E-state index is 6.21. The number of imidazole rings is 1. The van der Waals surface area contributed by atoms with E-state index in [1.54, 1.807) is 7.11 Å². The van der Waals surface area contributed by atoms with E-state index >= 15 is 0 Å². The van der Waals surface area contributed by atoms with Gasteiger partial charge < -0.3 is 14.6 Å². The number of halogens is 1. The molecule has 2 aromatic rings. The van der Waals surface area contributed by atoms with Crippen LogP contribution in [0, 0.1) is 6.92 Å². The van der Waals surface area contributed by atoms with E-state index < -0.39 is 0 Å². The Labute approximate surface area is 124 Å². The van der Waals surface area contributed by atoms with Gasteiger partial charge in [-0.2, -0.15) is 0 Å². The lowest BCUT2D eigenvalue weighted by Crippen LogP contribution is -2.03. The standard InChI is InChI=1S/C15H20ClN3O/c1-4-5-8-19-10-11(2)17-15(19)18-14-9-12(20-3)6-7-13(14)16/h6-7,9-10H,4-5,8H2,1-3H3,(H,17,18). The molecule has 0 radical (unpaired) electrons. The molecule has 0 spiro atoms. The predicted molar refractivity (Wildman–Crippen MR) is 83.2 cm³/mol. The minimum absolute atomic E-state index is 0.647. The molecule has 1 aromatic heterocycles. The van der Waals surface area contributed by atoms with Crippen LogP contribution in [0.4, 0.5) is 11.6 Å². The van der Waals surface area contributed by atoms with Crippen LogP contribution in [0.25, 0.3) is 0 Å². The lowest BCUT2D eigenvalue weighted by atomic mass is 10.3. The normalized spacial score (nSPS) is 10.6. The van der Waals surface area contributed by atoms with Gasteiger partial charge in [-0.1, -0.05) is 24.9 Å². The quantitative estimate of drug-likeness (QED) is 0.858. The van der Waals surface area contributed by atoms with Gasteiger partial charge in [-0.15, -0.1) is 0 Å². The van der Waals surface area contributed by atoms with Gasteiger partial charge in [-0.3, -0.25) is 0 Å². The fraction of sp³-hybridized carbons (Fsp3) is 0.400. The summed E-state index contributed by atoms with van der Waals surface area (Å²) in [7, 11) is 1.64. The molecule has 0 atom stereocenters. The van der Waals surface area contributed by atoms with Crippen molar-refractivity contribution in [3.8, 4) is 5.75 Å². The number of anilines is 2. The van der Waals surface area contributed by atoms with Gasteiger partial charge in [0.05, 0.1) is 23.5 Å². The van der Waals surface area contributed by atoms with E-state index in [2.05, 4.69) is 21.8 Å². The number of rotatable bonds is 6. The zero-order chi connectivity index (χ0) is 14.5. The third-order valence-electron chi connectivity index (χ3n) is 3.07. The number of hydrogen-bond acceptors (Lipinski definition) is 3. The number of nitrogens with one attached hydrogen (secondary N) is 1. The van der Waals surface area contributed by atoms with Gasteiger partial charge in [0.15, 0.2) is 0 Å². The highest BCUT2D eigenvalue weighted by Crippen LogP contribution is 2.29. The Bertz CT molecular complexity index is 580. The third kappa shape index (κ3) is 3.45. The van der Waals surface area contributed by atoms with Gasteiger partial charge in [0, 0.05) is 18.8 Å². The van der Waals surface area contributed by atoms with Gasteiger partial charge in [-0.25, -0.2) is 4.98 Å². The fourth-order valence-corrected chi connectivity index (χ4v) is 2.16. The minimum atomic E-state index is 0.647. The van der Waals surface area contributed by atoms with Crippen molar-refractivity contribution in [3.05, 3.63) is 35.1 Å². The molecular formula is C15H20ClN3O.